The maximum Gasteiger partial charge on any atom is 0.0641 e. The van der Waals surface area contributed by atoms with Crippen LogP contribution in [0.25, 0.3) is 0 Å². The van der Waals surface area contributed by atoms with Crippen LogP contribution in [0.2, 0.25) is 10.0 Å². The van der Waals surface area contributed by atoms with E-state index in [2.05, 4.69) is 17.4 Å². The molecule has 1 N–H and O–H groups in total. The molecule has 0 spiro atoms. The number of rotatable bonds is 5. The van der Waals surface area contributed by atoms with Gasteiger partial charge in [-0.15, -0.1) is 11.8 Å². The Morgan fingerprint density at radius 2 is 1.79 bits per heavy atom. The summed E-state index contributed by atoms with van der Waals surface area (Å²) in [5.74, 6) is 0.978. The van der Waals surface area contributed by atoms with Gasteiger partial charge in [0.1, 0.15) is 0 Å². The zero-order chi connectivity index (χ0) is 13.7. The molecule has 0 saturated carbocycles. The molecule has 4 heteroatoms. The number of benzene rings is 2. The summed E-state index contributed by atoms with van der Waals surface area (Å²) in [6.45, 7) is 2.79. The molecule has 1 nitrogen and oxygen atoms in total. The summed E-state index contributed by atoms with van der Waals surface area (Å²) in [5, 5.41) is 4.77. The highest BCUT2D eigenvalue weighted by atomic mass is 35.5. The lowest BCUT2D eigenvalue weighted by Gasteiger charge is -2.10. The van der Waals surface area contributed by atoms with E-state index in [0.717, 1.165) is 28.6 Å². The van der Waals surface area contributed by atoms with Gasteiger partial charge in [-0.25, -0.2) is 0 Å². The molecule has 19 heavy (non-hydrogen) atoms. The van der Waals surface area contributed by atoms with Crippen molar-refractivity contribution in [3.8, 4) is 0 Å². The molecule has 0 radical (unpaired) electrons. The van der Waals surface area contributed by atoms with E-state index in [-0.39, 0.29) is 0 Å². The Balaban J connectivity index is 1.85. The van der Waals surface area contributed by atoms with Crippen molar-refractivity contribution in [2.24, 2.45) is 0 Å². The molecule has 0 unspecified atom stereocenters. The molecule has 0 saturated heterocycles. The molecule has 0 aliphatic rings. The van der Waals surface area contributed by atoms with Crippen LogP contribution in [0, 0.1) is 6.92 Å². The molecule has 0 atom stereocenters. The quantitative estimate of drug-likeness (QED) is 0.577. The summed E-state index contributed by atoms with van der Waals surface area (Å²) in [6, 6.07) is 14.1. The highest BCUT2D eigenvalue weighted by molar-refractivity contribution is 7.99. The average molecular weight is 312 g/mol. The topological polar surface area (TPSA) is 12.0 Å². The predicted octanol–water partition coefficient (Wildman–Crippen LogP) is 5.51. The number of aryl methyl sites for hydroxylation is 1. The second-order valence-corrected chi connectivity index (χ2v) is 6.15. The third-order valence-corrected chi connectivity index (χ3v) is 4.41. The summed E-state index contributed by atoms with van der Waals surface area (Å²) in [6.07, 6.45) is 0. The third kappa shape index (κ3) is 4.34. The fraction of sp³-hybridized carbons (Fsp3) is 0.200. The van der Waals surface area contributed by atoms with Crippen molar-refractivity contribution in [2.45, 2.75) is 11.8 Å². The summed E-state index contributed by atoms with van der Waals surface area (Å²) in [7, 11) is 0. The number of nitrogens with one attached hydrogen (secondary N) is 1. The molecule has 0 bridgehead atoms. The standard InChI is InChI=1S/C15H15Cl2NS/c1-11-9-14(17)15(10-13(11)16)18-7-8-19-12-5-3-2-4-6-12/h2-6,9-10,18H,7-8H2,1H3. The summed E-state index contributed by atoms with van der Waals surface area (Å²) in [4.78, 5) is 1.28. The van der Waals surface area contributed by atoms with Crippen molar-refractivity contribution in [1.82, 2.24) is 0 Å². The number of thioether (sulfide) groups is 1. The van der Waals surface area contributed by atoms with Crippen LogP contribution in [0.3, 0.4) is 0 Å². The van der Waals surface area contributed by atoms with E-state index in [0.29, 0.717) is 5.02 Å². The van der Waals surface area contributed by atoms with Crippen LogP contribution in [0.1, 0.15) is 5.56 Å². The average Bonchev–Trinajstić information content (AvgIpc) is 2.41. The van der Waals surface area contributed by atoms with E-state index in [1.165, 1.54) is 4.90 Å². The number of hydrogen-bond acceptors (Lipinski definition) is 2. The van der Waals surface area contributed by atoms with Crippen LogP contribution in [-0.4, -0.2) is 12.3 Å². The third-order valence-electron chi connectivity index (χ3n) is 2.68. The first kappa shape index (κ1) is 14.6. The Bertz CT molecular complexity index is 543. The molecule has 2 rings (SSSR count). The second-order valence-electron chi connectivity index (χ2n) is 4.17. The molecule has 0 aromatic heterocycles. The van der Waals surface area contributed by atoms with E-state index in [4.69, 9.17) is 23.2 Å². The second kappa shape index (κ2) is 7.09. The minimum atomic E-state index is 0.714. The van der Waals surface area contributed by atoms with Crippen molar-refractivity contribution in [1.29, 1.82) is 0 Å². The van der Waals surface area contributed by atoms with Crippen LogP contribution < -0.4 is 5.32 Å². The van der Waals surface area contributed by atoms with E-state index in [9.17, 15) is 0 Å². The van der Waals surface area contributed by atoms with Gasteiger partial charge in [0.15, 0.2) is 0 Å². The normalized spacial score (nSPS) is 10.5. The predicted molar refractivity (Wildman–Crippen MR) is 86.9 cm³/mol. The monoisotopic (exact) mass is 311 g/mol. The first-order chi connectivity index (χ1) is 9.16. The Kier molecular flexibility index (Phi) is 5.44. The molecule has 100 valence electrons. The molecular weight excluding hydrogens is 297 g/mol. The van der Waals surface area contributed by atoms with E-state index < -0.39 is 0 Å². The minimum Gasteiger partial charge on any atom is -0.383 e. The fourth-order valence-corrected chi connectivity index (χ4v) is 2.89. The number of anilines is 1. The highest BCUT2D eigenvalue weighted by Gasteiger charge is 2.04. The Morgan fingerprint density at radius 1 is 1.05 bits per heavy atom. The number of halogens is 2. The van der Waals surface area contributed by atoms with Gasteiger partial charge in [0, 0.05) is 22.2 Å². The van der Waals surface area contributed by atoms with E-state index >= 15 is 0 Å². The molecule has 0 fully saturated rings. The zero-order valence-electron chi connectivity index (χ0n) is 10.6. The molecule has 0 aliphatic heterocycles. The minimum absolute atomic E-state index is 0.714. The highest BCUT2D eigenvalue weighted by Crippen LogP contribution is 2.28. The molecule has 0 heterocycles. The van der Waals surface area contributed by atoms with Crippen LogP contribution in [0.15, 0.2) is 47.4 Å². The van der Waals surface area contributed by atoms with Crippen LogP contribution >= 0.6 is 35.0 Å². The summed E-state index contributed by atoms with van der Waals surface area (Å²) >= 11 is 14.1. The van der Waals surface area contributed by atoms with Gasteiger partial charge in [0.25, 0.3) is 0 Å². The van der Waals surface area contributed by atoms with Crippen molar-refractivity contribution < 1.29 is 0 Å². The van der Waals surface area contributed by atoms with E-state index in [1.807, 2.05) is 49.0 Å². The molecule has 2 aromatic rings. The maximum atomic E-state index is 6.17. The lowest BCUT2D eigenvalue weighted by molar-refractivity contribution is 1.22. The lowest BCUT2D eigenvalue weighted by Crippen LogP contribution is -2.04. The Morgan fingerprint density at radius 3 is 2.53 bits per heavy atom. The van der Waals surface area contributed by atoms with Gasteiger partial charge in [0.2, 0.25) is 0 Å². The first-order valence-electron chi connectivity index (χ1n) is 6.04. The summed E-state index contributed by atoms with van der Waals surface area (Å²) < 4.78 is 0. The van der Waals surface area contributed by atoms with Crippen LogP contribution in [-0.2, 0) is 0 Å². The zero-order valence-corrected chi connectivity index (χ0v) is 12.9. The van der Waals surface area contributed by atoms with Crippen molar-refractivity contribution in [3.63, 3.8) is 0 Å². The van der Waals surface area contributed by atoms with Gasteiger partial charge < -0.3 is 5.32 Å². The lowest BCUT2D eigenvalue weighted by atomic mass is 10.2. The van der Waals surface area contributed by atoms with E-state index in [1.54, 1.807) is 0 Å². The Hall–Kier alpha value is -0.830. The SMILES string of the molecule is Cc1cc(Cl)c(NCCSc2ccccc2)cc1Cl. The van der Waals surface area contributed by atoms with Gasteiger partial charge in [-0.1, -0.05) is 41.4 Å². The Labute approximate surface area is 128 Å². The van der Waals surface area contributed by atoms with Gasteiger partial charge in [-0.3, -0.25) is 0 Å². The number of hydrogen-bond donors (Lipinski definition) is 1. The van der Waals surface area contributed by atoms with Gasteiger partial charge in [0.05, 0.1) is 10.7 Å². The maximum absolute atomic E-state index is 6.17. The van der Waals surface area contributed by atoms with Crippen LogP contribution in [0.5, 0.6) is 0 Å². The molecule has 2 aromatic carbocycles. The largest absolute Gasteiger partial charge is 0.383 e. The first-order valence-corrected chi connectivity index (χ1v) is 7.78. The van der Waals surface area contributed by atoms with Crippen molar-refractivity contribution >= 4 is 40.7 Å². The molecule has 0 aliphatic carbocycles. The van der Waals surface area contributed by atoms with Gasteiger partial charge >= 0.3 is 0 Å². The van der Waals surface area contributed by atoms with Crippen LogP contribution in [0.4, 0.5) is 5.69 Å². The fourth-order valence-electron chi connectivity index (χ4n) is 1.65. The molecular formula is C15H15Cl2NS. The smallest absolute Gasteiger partial charge is 0.0641 e. The molecule has 0 amide bonds. The van der Waals surface area contributed by atoms with Gasteiger partial charge in [-0.2, -0.15) is 0 Å². The summed E-state index contributed by atoms with van der Waals surface area (Å²) in [5.41, 5.74) is 1.89. The van der Waals surface area contributed by atoms with Crippen molar-refractivity contribution in [2.75, 3.05) is 17.6 Å². The van der Waals surface area contributed by atoms with Gasteiger partial charge in [-0.05, 0) is 36.8 Å². The van der Waals surface area contributed by atoms with Crippen molar-refractivity contribution in [3.05, 3.63) is 58.1 Å².